The number of carbonyl (C=O) groups excluding carboxylic acids is 1. The summed E-state index contributed by atoms with van der Waals surface area (Å²) in [6, 6.07) is 6.10. The lowest BCUT2D eigenvalue weighted by molar-refractivity contribution is -0.604. The maximum Gasteiger partial charge on any atom is 0.318 e. The van der Waals surface area contributed by atoms with Crippen LogP contribution in [0, 0.1) is 5.41 Å². The van der Waals surface area contributed by atoms with Crippen molar-refractivity contribution in [3.63, 3.8) is 0 Å². The SMILES string of the molecule is CN(C)C(=O)C(=N)/C=C1/CN(c2nc(OC[C@@]34CCCN3C[C@H](F)C4)nc3c2CN(C)[C@@]2(CCCc4ccc(O)cc42)C3)CCC[NH2+]1. The van der Waals surface area contributed by atoms with Gasteiger partial charge in [-0.2, -0.15) is 9.97 Å². The molecule has 252 valence electrons. The van der Waals surface area contributed by atoms with Crippen LogP contribution < -0.4 is 15.0 Å². The molecule has 2 aromatic rings. The van der Waals surface area contributed by atoms with Crippen molar-refractivity contribution in [2.45, 2.75) is 75.2 Å². The van der Waals surface area contributed by atoms with Crippen LogP contribution in [0.3, 0.4) is 0 Å². The van der Waals surface area contributed by atoms with Crippen molar-refractivity contribution in [2.75, 3.05) is 65.4 Å². The van der Waals surface area contributed by atoms with Crippen molar-refractivity contribution in [3.05, 3.63) is 52.4 Å². The normalized spacial score (nSPS) is 28.6. The number of amides is 1. The average molecular weight is 648 g/mol. The number of rotatable bonds is 6. The van der Waals surface area contributed by atoms with Crippen LogP contribution in [0.25, 0.3) is 0 Å². The summed E-state index contributed by atoms with van der Waals surface area (Å²) in [6.07, 6.45) is 7.83. The number of ether oxygens (including phenoxy) is 1. The van der Waals surface area contributed by atoms with E-state index in [9.17, 15) is 14.3 Å². The predicted octanol–water partition coefficient (Wildman–Crippen LogP) is 2.12. The number of anilines is 1. The third kappa shape index (κ3) is 5.89. The molecule has 7 rings (SSSR count). The molecule has 1 amide bonds. The molecule has 1 aromatic heterocycles. The molecule has 47 heavy (non-hydrogen) atoms. The summed E-state index contributed by atoms with van der Waals surface area (Å²) in [7, 11) is 5.48. The minimum Gasteiger partial charge on any atom is -0.508 e. The quantitative estimate of drug-likeness (QED) is 0.408. The number of phenols is 1. The summed E-state index contributed by atoms with van der Waals surface area (Å²) >= 11 is 0. The van der Waals surface area contributed by atoms with Gasteiger partial charge in [0.1, 0.15) is 35.8 Å². The Kier molecular flexibility index (Phi) is 8.46. The smallest absolute Gasteiger partial charge is 0.318 e. The number of aromatic hydroxyl groups is 1. The molecule has 5 aliphatic rings. The van der Waals surface area contributed by atoms with Gasteiger partial charge in [-0.1, -0.05) is 6.07 Å². The third-order valence-electron chi connectivity index (χ3n) is 11.2. The van der Waals surface area contributed by atoms with Gasteiger partial charge in [0.05, 0.1) is 29.9 Å². The Balaban J connectivity index is 1.27. The molecule has 0 unspecified atom stereocenters. The highest BCUT2D eigenvalue weighted by Gasteiger charge is 2.50. The largest absolute Gasteiger partial charge is 0.508 e. The lowest BCUT2D eigenvalue weighted by Gasteiger charge is -2.49. The van der Waals surface area contributed by atoms with Gasteiger partial charge in [-0.15, -0.1) is 0 Å². The highest BCUT2D eigenvalue weighted by Crippen LogP contribution is 2.48. The van der Waals surface area contributed by atoms with Gasteiger partial charge in [0.25, 0.3) is 5.91 Å². The van der Waals surface area contributed by atoms with Gasteiger partial charge < -0.3 is 25.0 Å². The van der Waals surface area contributed by atoms with Crippen LogP contribution in [0.15, 0.2) is 30.0 Å². The van der Waals surface area contributed by atoms with E-state index in [1.54, 1.807) is 26.2 Å². The van der Waals surface area contributed by atoms with E-state index in [2.05, 4.69) is 33.1 Å². The van der Waals surface area contributed by atoms with Crippen LogP contribution >= 0.6 is 0 Å². The van der Waals surface area contributed by atoms with Gasteiger partial charge in [0, 0.05) is 64.6 Å². The lowest BCUT2D eigenvalue weighted by Crippen LogP contribution is -2.82. The number of phenolic OH excluding ortho intramolecular Hbond substituents is 1. The number of benzene rings is 1. The molecule has 3 saturated heterocycles. The van der Waals surface area contributed by atoms with E-state index in [4.69, 9.17) is 20.1 Å². The topological polar surface area (TPSA) is 126 Å². The van der Waals surface area contributed by atoms with E-state index < -0.39 is 6.17 Å². The van der Waals surface area contributed by atoms with Crippen LogP contribution in [0.1, 0.15) is 60.9 Å². The monoisotopic (exact) mass is 647 g/mol. The molecule has 11 nitrogen and oxygen atoms in total. The second kappa shape index (κ2) is 12.4. The van der Waals surface area contributed by atoms with Crippen LogP contribution in [-0.4, -0.2) is 114 Å². The second-order valence-corrected chi connectivity index (χ2v) is 14.5. The number of likely N-dealkylation sites (N-methyl/N-ethyl adjacent to an activating group) is 1. The highest BCUT2D eigenvalue weighted by atomic mass is 19.1. The molecule has 4 N–H and O–H groups in total. The number of quaternary nitrogens is 1. The number of carbonyl (C=O) groups is 1. The summed E-state index contributed by atoms with van der Waals surface area (Å²) < 4.78 is 21.1. The molecule has 5 heterocycles. The van der Waals surface area contributed by atoms with Crippen LogP contribution in [0.4, 0.5) is 10.2 Å². The summed E-state index contributed by atoms with van der Waals surface area (Å²) in [5.74, 6) is 0.768. The molecule has 3 fully saturated rings. The number of nitrogens with two attached hydrogens (primary N) is 1. The molecule has 1 aromatic carbocycles. The molecule has 12 heteroatoms. The van der Waals surface area contributed by atoms with E-state index >= 15 is 0 Å². The Labute approximate surface area is 276 Å². The molecular weight excluding hydrogens is 599 g/mol. The first-order valence-corrected chi connectivity index (χ1v) is 17.1. The van der Waals surface area contributed by atoms with Crippen molar-refractivity contribution in [1.29, 1.82) is 5.41 Å². The lowest BCUT2D eigenvalue weighted by atomic mass is 9.70. The molecule has 1 aliphatic carbocycles. The standard InChI is InChI=1S/C35H47FN8O3/c1-41(2)32(46)29(37)15-25-20-43(13-6-12-38-25)31-27-21-42(3)35(11-4-7-23-8-9-26(45)16-28(23)35)18-30(27)39-33(40-31)47-22-34-10-5-14-44(34)19-24(36)17-34/h8-9,15-16,24,37-38,45H,4-7,10-14,17-22H2,1-3H3/p+1/b25-15-,37-29?/t24-,34+,35+/m1/s1. The summed E-state index contributed by atoms with van der Waals surface area (Å²) in [5, 5.41) is 21.1. The first-order valence-electron chi connectivity index (χ1n) is 17.1. The fraction of sp³-hybridized carbons (Fsp3) is 0.600. The number of nitrogens with zero attached hydrogens (tertiary/aromatic N) is 6. The molecule has 0 bridgehead atoms. The predicted molar refractivity (Wildman–Crippen MR) is 177 cm³/mol. The van der Waals surface area contributed by atoms with Gasteiger partial charge in [-0.05, 0) is 69.0 Å². The Morgan fingerprint density at radius 2 is 2.06 bits per heavy atom. The van der Waals surface area contributed by atoms with E-state index in [1.807, 2.05) is 6.07 Å². The minimum atomic E-state index is -0.839. The van der Waals surface area contributed by atoms with Crippen molar-refractivity contribution < 1.29 is 24.3 Å². The molecule has 1 spiro atoms. The summed E-state index contributed by atoms with van der Waals surface area (Å²) in [4.78, 5) is 31.0. The number of fused-ring (bicyclic) bond motifs is 4. The second-order valence-electron chi connectivity index (χ2n) is 14.5. The van der Waals surface area contributed by atoms with Gasteiger partial charge in [-0.25, -0.2) is 4.39 Å². The van der Waals surface area contributed by atoms with Crippen molar-refractivity contribution in [2.24, 2.45) is 0 Å². The Hall–Kier alpha value is -3.61. The zero-order valence-electron chi connectivity index (χ0n) is 27.9. The third-order valence-corrected chi connectivity index (χ3v) is 11.2. The number of hydrogen-bond acceptors (Lipinski definition) is 9. The van der Waals surface area contributed by atoms with Crippen LogP contribution in [-0.2, 0) is 29.7 Å². The fourth-order valence-electron chi connectivity index (χ4n) is 8.79. The average Bonchev–Trinajstić information content (AvgIpc) is 3.46. The number of aromatic nitrogens is 2. The zero-order valence-corrected chi connectivity index (χ0v) is 27.9. The number of hydrogen-bond donors (Lipinski definition) is 3. The maximum absolute atomic E-state index is 14.6. The Morgan fingerprint density at radius 1 is 1.21 bits per heavy atom. The van der Waals surface area contributed by atoms with E-state index in [0.29, 0.717) is 45.1 Å². The van der Waals surface area contributed by atoms with Gasteiger partial charge in [0.15, 0.2) is 0 Å². The first-order chi connectivity index (χ1) is 22.6. The van der Waals surface area contributed by atoms with Gasteiger partial charge >= 0.3 is 6.01 Å². The molecule has 0 radical (unpaired) electrons. The van der Waals surface area contributed by atoms with Crippen LogP contribution in [0.2, 0.25) is 0 Å². The molecule has 0 saturated carbocycles. The molecule has 4 aliphatic heterocycles. The number of aryl methyl sites for hydroxylation is 1. The molecular formula is C35H48FN8O3+. The zero-order chi connectivity index (χ0) is 32.9. The number of nitrogens with one attached hydrogen (secondary N) is 1. The fourth-order valence-corrected chi connectivity index (χ4v) is 8.79. The highest BCUT2D eigenvalue weighted by molar-refractivity contribution is 6.41. The number of halogens is 1. The van der Waals surface area contributed by atoms with E-state index in [0.717, 1.165) is 80.9 Å². The number of alkyl halides is 1. The van der Waals surface area contributed by atoms with Crippen LogP contribution in [0.5, 0.6) is 11.8 Å². The van der Waals surface area contributed by atoms with Crippen molar-refractivity contribution >= 4 is 17.4 Å². The van der Waals surface area contributed by atoms with Crippen molar-refractivity contribution in [3.8, 4) is 11.8 Å². The Bertz CT molecular complexity index is 1600. The summed E-state index contributed by atoms with van der Waals surface area (Å²) in [5.41, 5.74) is 4.69. The minimum absolute atomic E-state index is 0.0409. The Morgan fingerprint density at radius 3 is 2.89 bits per heavy atom. The van der Waals surface area contributed by atoms with E-state index in [-0.39, 0.29) is 28.4 Å². The van der Waals surface area contributed by atoms with Gasteiger partial charge in [-0.3, -0.25) is 20.0 Å². The van der Waals surface area contributed by atoms with Gasteiger partial charge in [0.2, 0.25) is 0 Å². The maximum atomic E-state index is 14.6. The van der Waals surface area contributed by atoms with E-state index in [1.165, 1.54) is 16.0 Å². The van der Waals surface area contributed by atoms with Crippen molar-refractivity contribution in [1.82, 2.24) is 24.7 Å². The summed E-state index contributed by atoms with van der Waals surface area (Å²) in [6.45, 7) is 4.47. The molecule has 3 atom stereocenters. The first kappa shape index (κ1) is 32.0.